The van der Waals surface area contributed by atoms with Crippen LogP contribution in [0.1, 0.15) is 6.92 Å². The molecule has 0 saturated heterocycles. The Morgan fingerprint density at radius 2 is 2.06 bits per heavy atom. The molecule has 0 aliphatic carbocycles. The number of hydrogen-bond acceptors (Lipinski definition) is 3. The van der Waals surface area contributed by atoms with E-state index >= 15 is 0 Å². The molecular formula is C12H16N2O2S. The summed E-state index contributed by atoms with van der Waals surface area (Å²) < 4.78 is 5.20. The van der Waals surface area contributed by atoms with Crippen molar-refractivity contribution in [2.24, 2.45) is 11.7 Å². The molecule has 5 heteroatoms. The van der Waals surface area contributed by atoms with Crippen molar-refractivity contribution in [3.05, 3.63) is 24.3 Å². The first kappa shape index (κ1) is 13.4. The highest BCUT2D eigenvalue weighted by atomic mass is 32.1. The second-order valence-electron chi connectivity index (χ2n) is 3.69. The van der Waals surface area contributed by atoms with E-state index in [0.717, 1.165) is 0 Å². The minimum Gasteiger partial charge on any atom is -0.495 e. The highest BCUT2D eigenvalue weighted by molar-refractivity contribution is 7.80. The topological polar surface area (TPSA) is 55.6 Å². The molecule has 1 amide bonds. The van der Waals surface area contributed by atoms with E-state index in [-0.39, 0.29) is 10.9 Å². The summed E-state index contributed by atoms with van der Waals surface area (Å²) in [5.41, 5.74) is 6.17. The number of thiocarbonyl (C=S) groups is 1. The van der Waals surface area contributed by atoms with Crippen LogP contribution in [0.25, 0.3) is 0 Å². The molecule has 0 radical (unpaired) electrons. The fourth-order valence-corrected chi connectivity index (χ4v) is 1.54. The lowest BCUT2D eigenvalue weighted by atomic mass is 10.1. The third-order valence-electron chi connectivity index (χ3n) is 2.57. The SMILES string of the molecule is COc1ccccc1N(C)C(=O)C(C)C(N)=S. The van der Waals surface area contributed by atoms with Crippen LogP contribution in [-0.2, 0) is 4.79 Å². The van der Waals surface area contributed by atoms with Crippen LogP contribution in [0, 0.1) is 5.92 Å². The molecule has 0 spiro atoms. The summed E-state index contributed by atoms with van der Waals surface area (Å²) in [7, 11) is 3.24. The number of benzene rings is 1. The zero-order valence-corrected chi connectivity index (χ0v) is 11.0. The van der Waals surface area contributed by atoms with Gasteiger partial charge >= 0.3 is 0 Å². The summed E-state index contributed by atoms with van der Waals surface area (Å²) in [6.07, 6.45) is 0. The van der Waals surface area contributed by atoms with Crippen LogP contribution < -0.4 is 15.4 Å². The molecule has 4 nitrogen and oxygen atoms in total. The van der Waals surface area contributed by atoms with E-state index in [0.29, 0.717) is 11.4 Å². The number of methoxy groups -OCH3 is 1. The smallest absolute Gasteiger partial charge is 0.236 e. The monoisotopic (exact) mass is 252 g/mol. The molecule has 1 rings (SSSR count). The van der Waals surface area contributed by atoms with E-state index in [1.54, 1.807) is 27.1 Å². The Bertz CT molecular complexity index is 434. The van der Waals surface area contributed by atoms with Crippen molar-refractivity contribution in [3.8, 4) is 5.75 Å². The number of ether oxygens (including phenoxy) is 1. The van der Waals surface area contributed by atoms with Crippen molar-refractivity contribution in [3.63, 3.8) is 0 Å². The lowest BCUT2D eigenvalue weighted by molar-refractivity contribution is -0.119. The molecule has 0 aliphatic rings. The van der Waals surface area contributed by atoms with Crippen LogP contribution >= 0.6 is 12.2 Å². The first-order chi connectivity index (χ1) is 7.99. The maximum absolute atomic E-state index is 12.1. The molecule has 0 heterocycles. The Hall–Kier alpha value is -1.62. The van der Waals surface area contributed by atoms with Gasteiger partial charge in [-0.05, 0) is 19.1 Å². The average Bonchev–Trinajstić information content (AvgIpc) is 2.35. The Kier molecular flexibility index (Phi) is 4.45. The Balaban J connectivity index is 3.00. The summed E-state index contributed by atoms with van der Waals surface area (Å²) in [5.74, 6) is 0.000372. The molecular weight excluding hydrogens is 236 g/mol. The van der Waals surface area contributed by atoms with E-state index in [1.165, 1.54) is 4.90 Å². The summed E-state index contributed by atoms with van der Waals surface area (Å²) in [5, 5.41) is 0. The van der Waals surface area contributed by atoms with Gasteiger partial charge in [0.15, 0.2) is 0 Å². The van der Waals surface area contributed by atoms with Crippen LogP contribution in [0.2, 0.25) is 0 Å². The lowest BCUT2D eigenvalue weighted by Crippen LogP contribution is -2.37. The highest BCUT2D eigenvalue weighted by Crippen LogP contribution is 2.27. The Labute approximate surface area is 106 Å². The fourth-order valence-electron chi connectivity index (χ4n) is 1.44. The van der Waals surface area contributed by atoms with Gasteiger partial charge in [0, 0.05) is 7.05 Å². The van der Waals surface area contributed by atoms with Gasteiger partial charge in [0.1, 0.15) is 5.75 Å². The van der Waals surface area contributed by atoms with Crippen LogP contribution in [-0.4, -0.2) is 25.1 Å². The average molecular weight is 252 g/mol. The summed E-state index contributed by atoms with van der Waals surface area (Å²) in [4.78, 5) is 13.8. The van der Waals surface area contributed by atoms with Gasteiger partial charge in [-0.25, -0.2) is 0 Å². The predicted octanol–water partition coefficient (Wildman–Crippen LogP) is 1.58. The van der Waals surface area contributed by atoms with Gasteiger partial charge in [0.25, 0.3) is 0 Å². The fraction of sp³-hybridized carbons (Fsp3) is 0.333. The zero-order chi connectivity index (χ0) is 13.0. The number of rotatable bonds is 4. The number of hydrogen-bond donors (Lipinski definition) is 1. The van der Waals surface area contributed by atoms with Crippen LogP contribution in [0.15, 0.2) is 24.3 Å². The van der Waals surface area contributed by atoms with Gasteiger partial charge in [0.2, 0.25) is 5.91 Å². The third kappa shape index (κ3) is 2.94. The molecule has 0 aliphatic heterocycles. The third-order valence-corrected chi connectivity index (χ3v) is 2.93. The van der Waals surface area contributed by atoms with Crippen molar-refractivity contribution < 1.29 is 9.53 Å². The van der Waals surface area contributed by atoms with Crippen molar-refractivity contribution in [1.82, 2.24) is 0 Å². The van der Waals surface area contributed by atoms with Gasteiger partial charge in [-0.3, -0.25) is 4.79 Å². The summed E-state index contributed by atoms with van der Waals surface area (Å²) in [6.45, 7) is 1.69. The molecule has 0 bridgehead atoms. The normalized spacial score (nSPS) is 11.7. The molecule has 1 aromatic rings. The molecule has 0 saturated carbocycles. The number of amides is 1. The zero-order valence-electron chi connectivity index (χ0n) is 10.1. The molecule has 17 heavy (non-hydrogen) atoms. The number of nitrogens with zero attached hydrogens (tertiary/aromatic N) is 1. The van der Waals surface area contributed by atoms with Gasteiger partial charge < -0.3 is 15.4 Å². The quantitative estimate of drug-likeness (QED) is 0.827. The number of anilines is 1. The second kappa shape index (κ2) is 5.63. The van der Waals surface area contributed by atoms with Crippen LogP contribution in [0.5, 0.6) is 5.75 Å². The summed E-state index contributed by atoms with van der Waals surface area (Å²) >= 11 is 4.82. The van der Waals surface area contributed by atoms with E-state index in [9.17, 15) is 4.79 Å². The largest absolute Gasteiger partial charge is 0.495 e. The Morgan fingerprint density at radius 3 is 2.59 bits per heavy atom. The van der Waals surface area contributed by atoms with Crippen LogP contribution in [0.3, 0.4) is 0 Å². The van der Waals surface area contributed by atoms with E-state index in [1.807, 2.05) is 18.2 Å². The molecule has 1 atom stereocenters. The maximum Gasteiger partial charge on any atom is 0.236 e. The Morgan fingerprint density at radius 1 is 1.47 bits per heavy atom. The van der Waals surface area contributed by atoms with Gasteiger partial charge in [-0.1, -0.05) is 24.4 Å². The van der Waals surface area contributed by atoms with Crippen LogP contribution in [0.4, 0.5) is 5.69 Å². The summed E-state index contributed by atoms with van der Waals surface area (Å²) in [6, 6.07) is 7.29. The number of nitrogens with two attached hydrogens (primary N) is 1. The van der Waals surface area contributed by atoms with E-state index < -0.39 is 5.92 Å². The molecule has 1 aromatic carbocycles. The van der Waals surface area contributed by atoms with E-state index in [2.05, 4.69) is 0 Å². The first-order valence-electron chi connectivity index (χ1n) is 5.19. The molecule has 1 unspecified atom stereocenters. The molecule has 92 valence electrons. The second-order valence-corrected chi connectivity index (χ2v) is 4.16. The van der Waals surface area contributed by atoms with Gasteiger partial charge in [-0.15, -0.1) is 0 Å². The number of carbonyl (C=O) groups excluding carboxylic acids is 1. The first-order valence-corrected chi connectivity index (χ1v) is 5.59. The van der Waals surface area contributed by atoms with Crippen molar-refractivity contribution >= 4 is 28.8 Å². The molecule has 0 fully saturated rings. The lowest BCUT2D eigenvalue weighted by Gasteiger charge is -2.22. The van der Waals surface area contributed by atoms with Gasteiger partial charge in [0.05, 0.1) is 23.7 Å². The predicted molar refractivity (Wildman–Crippen MR) is 72.4 cm³/mol. The van der Waals surface area contributed by atoms with Crippen molar-refractivity contribution in [2.75, 3.05) is 19.1 Å². The van der Waals surface area contributed by atoms with Crippen molar-refractivity contribution in [1.29, 1.82) is 0 Å². The number of carbonyl (C=O) groups is 1. The van der Waals surface area contributed by atoms with Crippen molar-refractivity contribution in [2.45, 2.75) is 6.92 Å². The molecule has 0 aromatic heterocycles. The standard InChI is InChI=1S/C12H16N2O2S/c1-8(11(13)17)12(15)14(2)9-6-4-5-7-10(9)16-3/h4-8H,1-3H3,(H2,13,17). The minimum absolute atomic E-state index is 0.151. The van der Waals surface area contributed by atoms with Gasteiger partial charge in [-0.2, -0.15) is 0 Å². The minimum atomic E-state index is -0.486. The molecule has 2 N–H and O–H groups in total. The number of para-hydroxylation sites is 2. The maximum atomic E-state index is 12.1. The highest BCUT2D eigenvalue weighted by Gasteiger charge is 2.22. The van der Waals surface area contributed by atoms with E-state index in [4.69, 9.17) is 22.7 Å².